The maximum Gasteiger partial charge on any atom is 0.309 e. The lowest BCUT2D eigenvalue weighted by atomic mass is 10.2. The minimum atomic E-state index is -3.57. The summed E-state index contributed by atoms with van der Waals surface area (Å²) in [5, 5.41) is 2.38. The van der Waals surface area contributed by atoms with Crippen molar-refractivity contribution < 1.29 is 22.7 Å². The van der Waals surface area contributed by atoms with Gasteiger partial charge in [-0.1, -0.05) is 6.92 Å². The van der Waals surface area contributed by atoms with Crippen LogP contribution in [0.25, 0.3) is 0 Å². The predicted octanol–water partition coefficient (Wildman–Crippen LogP) is -0.654. The molecule has 1 unspecified atom stereocenters. The van der Waals surface area contributed by atoms with E-state index in [2.05, 4.69) is 10.1 Å². The second kappa shape index (κ2) is 6.47. The standard InChI is InChI=1S/C9H17NO5S/c1-4-10-8(11)6-16(13,14)5-7(2)9(12)15-3/h7H,4-6H2,1-3H3,(H,10,11). The summed E-state index contributed by atoms with van der Waals surface area (Å²) in [6, 6.07) is 0. The summed E-state index contributed by atoms with van der Waals surface area (Å²) in [7, 11) is -2.38. The lowest BCUT2D eigenvalue weighted by molar-refractivity contribution is -0.144. The zero-order valence-electron chi connectivity index (χ0n) is 9.65. The smallest absolute Gasteiger partial charge is 0.309 e. The molecule has 0 rings (SSSR count). The van der Waals surface area contributed by atoms with Crippen molar-refractivity contribution in [2.45, 2.75) is 13.8 Å². The Morgan fingerprint density at radius 3 is 2.38 bits per heavy atom. The monoisotopic (exact) mass is 251 g/mol. The molecule has 0 fully saturated rings. The molecule has 7 heteroatoms. The van der Waals surface area contributed by atoms with Crippen molar-refractivity contribution in [1.29, 1.82) is 0 Å². The molecular formula is C9H17NO5S. The molecule has 0 aliphatic rings. The van der Waals surface area contributed by atoms with Gasteiger partial charge in [0, 0.05) is 6.54 Å². The highest BCUT2D eigenvalue weighted by Crippen LogP contribution is 2.04. The van der Waals surface area contributed by atoms with Gasteiger partial charge in [-0.15, -0.1) is 0 Å². The fourth-order valence-corrected chi connectivity index (χ4v) is 2.67. The van der Waals surface area contributed by atoms with E-state index >= 15 is 0 Å². The van der Waals surface area contributed by atoms with Crippen molar-refractivity contribution in [2.75, 3.05) is 25.2 Å². The number of amides is 1. The van der Waals surface area contributed by atoms with Gasteiger partial charge in [-0.25, -0.2) is 8.42 Å². The summed E-state index contributed by atoms with van der Waals surface area (Å²) >= 11 is 0. The number of nitrogens with one attached hydrogen (secondary N) is 1. The van der Waals surface area contributed by atoms with Crippen LogP contribution in [0, 0.1) is 5.92 Å². The third-order valence-corrected chi connectivity index (χ3v) is 3.54. The molecule has 0 aliphatic carbocycles. The van der Waals surface area contributed by atoms with Crippen LogP contribution in [0.1, 0.15) is 13.8 Å². The third-order valence-electron chi connectivity index (χ3n) is 1.83. The van der Waals surface area contributed by atoms with Gasteiger partial charge in [-0.2, -0.15) is 0 Å². The second-order valence-corrected chi connectivity index (χ2v) is 5.54. The molecule has 0 heterocycles. The maximum atomic E-state index is 11.5. The molecule has 1 amide bonds. The van der Waals surface area contributed by atoms with Crippen molar-refractivity contribution in [3.63, 3.8) is 0 Å². The highest BCUT2D eigenvalue weighted by Gasteiger charge is 2.24. The molecule has 6 nitrogen and oxygen atoms in total. The van der Waals surface area contributed by atoms with Crippen LogP contribution >= 0.6 is 0 Å². The molecule has 0 spiro atoms. The molecule has 0 saturated carbocycles. The van der Waals surface area contributed by atoms with E-state index in [9.17, 15) is 18.0 Å². The van der Waals surface area contributed by atoms with E-state index in [0.29, 0.717) is 6.54 Å². The van der Waals surface area contributed by atoms with E-state index in [1.807, 2.05) is 0 Å². The average molecular weight is 251 g/mol. The Hall–Kier alpha value is -1.11. The number of hydrogen-bond donors (Lipinski definition) is 1. The van der Waals surface area contributed by atoms with Crippen LogP contribution in [0.3, 0.4) is 0 Å². The lowest BCUT2D eigenvalue weighted by Crippen LogP contribution is -2.33. The molecule has 16 heavy (non-hydrogen) atoms. The van der Waals surface area contributed by atoms with Crippen molar-refractivity contribution in [1.82, 2.24) is 5.32 Å². The normalized spacial score (nSPS) is 12.9. The number of carbonyl (C=O) groups excluding carboxylic acids is 2. The zero-order chi connectivity index (χ0) is 12.8. The molecular weight excluding hydrogens is 234 g/mol. The molecule has 0 aromatic heterocycles. The van der Waals surface area contributed by atoms with Crippen molar-refractivity contribution >= 4 is 21.7 Å². The van der Waals surface area contributed by atoms with Gasteiger partial charge in [-0.05, 0) is 6.92 Å². The van der Waals surface area contributed by atoms with E-state index in [1.165, 1.54) is 14.0 Å². The Balaban J connectivity index is 4.36. The number of carbonyl (C=O) groups is 2. The number of methoxy groups -OCH3 is 1. The van der Waals surface area contributed by atoms with Gasteiger partial charge in [0.15, 0.2) is 9.84 Å². The Bertz CT molecular complexity index is 349. The molecule has 94 valence electrons. The molecule has 0 bridgehead atoms. The SMILES string of the molecule is CCNC(=O)CS(=O)(=O)CC(C)C(=O)OC. The first-order valence-electron chi connectivity index (χ1n) is 4.87. The van der Waals surface area contributed by atoms with E-state index < -0.39 is 33.4 Å². The molecule has 0 aromatic carbocycles. The second-order valence-electron chi connectivity index (χ2n) is 3.43. The average Bonchev–Trinajstić information content (AvgIpc) is 2.14. The summed E-state index contributed by atoms with van der Waals surface area (Å²) in [5.74, 6) is -2.89. The van der Waals surface area contributed by atoms with Crippen LogP contribution in [0.5, 0.6) is 0 Å². The highest BCUT2D eigenvalue weighted by molar-refractivity contribution is 7.92. The molecule has 0 aromatic rings. The van der Waals surface area contributed by atoms with Gasteiger partial charge in [-0.3, -0.25) is 9.59 Å². The molecule has 1 atom stereocenters. The van der Waals surface area contributed by atoms with Gasteiger partial charge in [0.1, 0.15) is 5.75 Å². The van der Waals surface area contributed by atoms with E-state index in [-0.39, 0.29) is 5.75 Å². The third kappa shape index (κ3) is 5.69. The predicted molar refractivity (Wildman–Crippen MR) is 58.5 cm³/mol. The lowest BCUT2D eigenvalue weighted by Gasteiger charge is -2.09. The summed E-state index contributed by atoms with van der Waals surface area (Å²) in [4.78, 5) is 22.1. The van der Waals surface area contributed by atoms with Gasteiger partial charge < -0.3 is 10.1 Å². The summed E-state index contributed by atoms with van der Waals surface area (Å²) < 4.78 is 27.4. The minimum absolute atomic E-state index is 0.376. The van der Waals surface area contributed by atoms with Gasteiger partial charge in [0.25, 0.3) is 0 Å². The fourth-order valence-electron chi connectivity index (χ4n) is 1.16. The minimum Gasteiger partial charge on any atom is -0.469 e. The Morgan fingerprint density at radius 1 is 1.38 bits per heavy atom. The summed E-state index contributed by atoms with van der Waals surface area (Å²) in [6.45, 7) is 3.52. The number of esters is 1. The quantitative estimate of drug-likeness (QED) is 0.633. The van der Waals surface area contributed by atoms with E-state index in [4.69, 9.17) is 0 Å². The Labute approximate surface area is 95.3 Å². The summed E-state index contributed by atoms with van der Waals surface area (Å²) in [6.07, 6.45) is 0. The van der Waals surface area contributed by atoms with Crippen LogP contribution in [0.4, 0.5) is 0 Å². The van der Waals surface area contributed by atoms with Crippen LogP contribution in [-0.2, 0) is 24.2 Å². The molecule has 0 radical (unpaired) electrons. The molecule has 1 N–H and O–H groups in total. The van der Waals surface area contributed by atoms with E-state index in [0.717, 1.165) is 0 Å². The number of sulfone groups is 1. The fraction of sp³-hybridized carbons (Fsp3) is 0.778. The number of ether oxygens (including phenoxy) is 1. The van der Waals surface area contributed by atoms with E-state index in [1.54, 1.807) is 6.92 Å². The first-order valence-corrected chi connectivity index (χ1v) is 6.69. The van der Waals surface area contributed by atoms with Crippen LogP contribution in [0.2, 0.25) is 0 Å². The molecule has 0 saturated heterocycles. The van der Waals surface area contributed by atoms with Gasteiger partial charge in [0.05, 0.1) is 18.8 Å². The van der Waals surface area contributed by atoms with Crippen LogP contribution in [-0.4, -0.2) is 45.5 Å². The van der Waals surface area contributed by atoms with Gasteiger partial charge >= 0.3 is 5.97 Å². The van der Waals surface area contributed by atoms with Crippen LogP contribution in [0.15, 0.2) is 0 Å². The number of hydrogen-bond acceptors (Lipinski definition) is 5. The summed E-state index contributed by atoms with van der Waals surface area (Å²) in [5.41, 5.74) is 0. The first-order chi connectivity index (χ1) is 7.32. The first kappa shape index (κ1) is 14.9. The number of rotatable bonds is 6. The highest BCUT2D eigenvalue weighted by atomic mass is 32.2. The van der Waals surface area contributed by atoms with Gasteiger partial charge in [0.2, 0.25) is 5.91 Å². The van der Waals surface area contributed by atoms with Crippen LogP contribution < -0.4 is 5.32 Å². The topological polar surface area (TPSA) is 89.5 Å². The largest absolute Gasteiger partial charge is 0.469 e. The Kier molecular flexibility index (Phi) is 6.02. The zero-order valence-corrected chi connectivity index (χ0v) is 10.5. The van der Waals surface area contributed by atoms with Crippen molar-refractivity contribution in [2.24, 2.45) is 5.92 Å². The maximum absolute atomic E-state index is 11.5. The van der Waals surface area contributed by atoms with Crippen molar-refractivity contribution in [3.8, 4) is 0 Å². The molecule has 0 aliphatic heterocycles. The Morgan fingerprint density at radius 2 is 1.94 bits per heavy atom. The van der Waals surface area contributed by atoms with Crippen molar-refractivity contribution in [3.05, 3.63) is 0 Å².